The number of nitrogens with one attached hydrogen (secondary N) is 1. The number of sulfone groups is 1. The van der Waals surface area contributed by atoms with Crippen molar-refractivity contribution in [3.63, 3.8) is 0 Å². The Morgan fingerprint density at radius 1 is 1.33 bits per heavy atom. The van der Waals surface area contributed by atoms with Gasteiger partial charge in [0.05, 0.1) is 17.4 Å². The fraction of sp³-hybridized carbons (Fsp3) is 0.909. The Kier molecular flexibility index (Phi) is 4.27. The fourth-order valence-corrected chi connectivity index (χ4v) is 3.04. The number of aliphatic hydroxyl groups is 1. The molecule has 0 aliphatic heterocycles. The molecule has 6 nitrogen and oxygen atoms in total. The van der Waals surface area contributed by atoms with E-state index in [1.165, 1.54) is 0 Å². The van der Waals surface area contributed by atoms with Crippen LogP contribution in [0.3, 0.4) is 0 Å². The van der Waals surface area contributed by atoms with Gasteiger partial charge in [-0.1, -0.05) is 0 Å². The topological polar surface area (TPSA) is 92.7 Å². The van der Waals surface area contributed by atoms with Gasteiger partial charge < -0.3 is 15.2 Å². The first-order chi connectivity index (χ1) is 7.99. The molecule has 7 heteroatoms. The van der Waals surface area contributed by atoms with Crippen molar-refractivity contribution in [1.82, 2.24) is 5.32 Å². The Labute approximate surface area is 108 Å². The molecule has 1 aliphatic rings. The van der Waals surface area contributed by atoms with Crippen LogP contribution in [-0.2, 0) is 14.6 Å². The Balaban J connectivity index is 2.57. The second-order valence-corrected chi connectivity index (χ2v) is 8.07. The van der Waals surface area contributed by atoms with Crippen molar-refractivity contribution in [2.24, 2.45) is 0 Å². The maximum atomic E-state index is 11.5. The maximum absolute atomic E-state index is 11.5. The number of hydrogen-bond donors (Lipinski definition) is 2. The van der Waals surface area contributed by atoms with Crippen molar-refractivity contribution in [3.05, 3.63) is 0 Å². The molecule has 0 heterocycles. The van der Waals surface area contributed by atoms with Crippen LogP contribution in [0.25, 0.3) is 0 Å². The Bertz CT molecular complexity index is 412. The summed E-state index contributed by atoms with van der Waals surface area (Å²) >= 11 is 0. The summed E-state index contributed by atoms with van der Waals surface area (Å²) in [5.74, 6) is 0. The van der Waals surface area contributed by atoms with Gasteiger partial charge in [-0.25, -0.2) is 13.2 Å². The van der Waals surface area contributed by atoms with E-state index in [2.05, 4.69) is 5.32 Å². The number of carbonyl (C=O) groups excluding carboxylic acids is 1. The number of hydrogen-bond acceptors (Lipinski definition) is 5. The van der Waals surface area contributed by atoms with Gasteiger partial charge in [0, 0.05) is 6.26 Å². The molecule has 1 saturated carbocycles. The van der Waals surface area contributed by atoms with Gasteiger partial charge >= 0.3 is 6.09 Å². The zero-order valence-electron chi connectivity index (χ0n) is 11.1. The summed E-state index contributed by atoms with van der Waals surface area (Å²) in [4.78, 5) is 11.5. The average molecular weight is 279 g/mol. The molecule has 1 amide bonds. The monoisotopic (exact) mass is 279 g/mol. The quantitative estimate of drug-likeness (QED) is 0.765. The zero-order valence-corrected chi connectivity index (χ0v) is 12.0. The molecular weight excluding hydrogens is 258 g/mol. The molecule has 3 atom stereocenters. The predicted molar refractivity (Wildman–Crippen MR) is 67.0 cm³/mol. The van der Waals surface area contributed by atoms with Crippen molar-refractivity contribution in [1.29, 1.82) is 0 Å². The van der Waals surface area contributed by atoms with Gasteiger partial charge in [-0.05, 0) is 33.6 Å². The van der Waals surface area contributed by atoms with Gasteiger partial charge in [0.25, 0.3) is 0 Å². The predicted octanol–water partition coefficient (Wildman–Crippen LogP) is 0.448. The Morgan fingerprint density at radius 3 is 2.28 bits per heavy atom. The van der Waals surface area contributed by atoms with E-state index in [0.717, 1.165) is 6.26 Å². The normalized spacial score (nSPS) is 29.1. The van der Waals surface area contributed by atoms with Gasteiger partial charge in [-0.3, -0.25) is 0 Å². The fourth-order valence-electron chi connectivity index (χ4n) is 1.93. The third-order valence-corrected chi connectivity index (χ3v) is 4.39. The number of rotatable bonds is 2. The van der Waals surface area contributed by atoms with Gasteiger partial charge in [-0.2, -0.15) is 0 Å². The lowest BCUT2D eigenvalue weighted by Crippen LogP contribution is -2.42. The summed E-state index contributed by atoms with van der Waals surface area (Å²) < 4.78 is 27.8. The summed E-state index contributed by atoms with van der Waals surface area (Å²) in [6.07, 6.45) is 0.0247. The smallest absolute Gasteiger partial charge is 0.407 e. The second kappa shape index (κ2) is 5.05. The minimum Gasteiger partial charge on any atom is -0.444 e. The summed E-state index contributed by atoms with van der Waals surface area (Å²) in [7, 11) is -3.19. The molecule has 1 fully saturated rings. The van der Waals surface area contributed by atoms with Gasteiger partial charge in [-0.15, -0.1) is 0 Å². The summed E-state index contributed by atoms with van der Waals surface area (Å²) in [6.45, 7) is 5.20. The summed E-state index contributed by atoms with van der Waals surface area (Å²) in [5.41, 5.74) is -0.621. The van der Waals surface area contributed by atoms with E-state index in [-0.39, 0.29) is 12.8 Å². The summed E-state index contributed by atoms with van der Waals surface area (Å²) in [5, 5.41) is 11.6. The van der Waals surface area contributed by atoms with E-state index >= 15 is 0 Å². The van der Waals surface area contributed by atoms with Gasteiger partial charge in [0.2, 0.25) is 0 Å². The van der Waals surface area contributed by atoms with Crippen molar-refractivity contribution in [2.75, 3.05) is 6.26 Å². The van der Waals surface area contributed by atoms with E-state index in [1.807, 2.05) is 0 Å². The van der Waals surface area contributed by atoms with Crippen molar-refractivity contribution in [3.8, 4) is 0 Å². The van der Waals surface area contributed by atoms with Crippen LogP contribution in [0.15, 0.2) is 0 Å². The largest absolute Gasteiger partial charge is 0.444 e. The standard InChI is InChI=1S/C11H21NO5S/c1-11(2,3)17-10(14)12-8-5-7(6-9(8)13)18(4,15)16/h7-9,13H,5-6H2,1-4H3,(H,12,14)/t7-,8-,9-/m1/s1. The average Bonchev–Trinajstić information content (AvgIpc) is 2.43. The first-order valence-electron chi connectivity index (χ1n) is 5.85. The number of alkyl carbamates (subject to hydrolysis) is 1. The van der Waals surface area contributed by atoms with Crippen LogP contribution in [-0.4, -0.2) is 48.9 Å². The highest BCUT2D eigenvalue weighted by atomic mass is 32.2. The van der Waals surface area contributed by atoms with Crippen LogP contribution in [0.1, 0.15) is 33.6 Å². The van der Waals surface area contributed by atoms with Crippen molar-refractivity contribution in [2.45, 2.75) is 56.6 Å². The molecule has 2 N–H and O–H groups in total. The number of aliphatic hydroxyl groups excluding tert-OH is 1. The highest BCUT2D eigenvalue weighted by Crippen LogP contribution is 2.25. The molecule has 0 aromatic carbocycles. The lowest BCUT2D eigenvalue weighted by molar-refractivity contribution is 0.0450. The Morgan fingerprint density at radius 2 is 1.89 bits per heavy atom. The van der Waals surface area contributed by atoms with E-state index in [0.29, 0.717) is 0 Å². The lowest BCUT2D eigenvalue weighted by Gasteiger charge is -2.22. The highest BCUT2D eigenvalue weighted by molar-refractivity contribution is 7.91. The highest BCUT2D eigenvalue weighted by Gasteiger charge is 2.39. The molecule has 1 aliphatic carbocycles. The lowest BCUT2D eigenvalue weighted by atomic mass is 10.2. The van der Waals surface area contributed by atoms with E-state index in [9.17, 15) is 18.3 Å². The van der Waals surface area contributed by atoms with E-state index in [4.69, 9.17) is 4.74 Å². The molecule has 18 heavy (non-hydrogen) atoms. The molecule has 0 bridgehead atoms. The molecule has 0 aromatic rings. The van der Waals surface area contributed by atoms with E-state index < -0.39 is 38.9 Å². The van der Waals surface area contributed by atoms with Crippen LogP contribution in [0.2, 0.25) is 0 Å². The zero-order chi connectivity index (χ0) is 14.1. The minimum absolute atomic E-state index is 0.152. The van der Waals surface area contributed by atoms with E-state index in [1.54, 1.807) is 20.8 Å². The Hall–Kier alpha value is -0.820. The van der Waals surface area contributed by atoms with Crippen LogP contribution in [0.5, 0.6) is 0 Å². The molecule has 0 unspecified atom stereocenters. The molecule has 0 saturated heterocycles. The summed E-state index contributed by atoms with van der Waals surface area (Å²) in [6, 6.07) is -0.570. The minimum atomic E-state index is -3.19. The third-order valence-electron chi connectivity index (χ3n) is 2.79. The van der Waals surface area contributed by atoms with Gasteiger partial charge in [0.1, 0.15) is 15.4 Å². The van der Waals surface area contributed by atoms with Crippen molar-refractivity contribution < 1.29 is 23.1 Å². The van der Waals surface area contributed by atoms with Crippen LogP contribution in [0.4, 0.5) is 4.79 Å². The number of carbonyl (C=O) groups is 1. The molecule has 1 rings (SSSR count). The third kappa shape index (κ3) is 4.45. The number of amides is 1. The number of ether oxygens (including phenoxy) is 1. The molecule has 0 spiro atoms. The molecule has 0 aromatic heterocycles. The van der Waals surface area contributed by atoms with Crippen LogP contribution < -0.4 is 5.32 Å². The maximum Gasteiger partial charge on any atom is 0.407 e. The second-order valence-electron chi connectivity index (χ2n) is 5.74. The van der Waals surface area contributed by atoms with Crippen LogP contribution in [0, 0.1) is 0 Å². The molecule has 0 radical (unpaired) electrons. The van der Waals surface area contributed by atoms with Crippen LogP contribution >= 0.6 is 0 Å². The van der Waals surface area contributed by atoms with Gasteiger partial charge in [0.15, 0.2) is 0 Å². The van der Waals surface area contributed by atoms with Crippen molar-refractivity contribution >= 4 is 15.9 Å². The first kappa shape index (κ1) is 15.2. The molecule has 106 valence electrons. The molecular formula is C11H21NO5S. The SMILES string of the molecule is CC(C)(C)OC(=O)N[C@@H]1C[C@@H](S(C)(=O)=O)C[C@H]1O. The first-order valence-corrected chi connectivity index (χ1v) is 7.81.